The molecule has 2 aromatic rings. The molecule has 9 heteroatoms. The molecule has 0 heterocycles. The van der Waals surface area contributed by atoms with E-state index >= 15 is 0 Å². The van der Waals surface area contributed by atoms with Crippen LogP contribution in [0.1, 0.15) is 62.6 Å². The Morgan fingerprint density at radius 3 is 2.14 bits per heavy atom. The van der Waals surface area contributed by atoms with Gasteiger partial charge in [-0.2, -0.15) is 13.2 Å². The summed E-state index contributed by atoms with van der Waals surface area (Å²) in [5.41, 5.74) is 0.666. The number of carboxylic acid groups (broad SMARTS) is 1. The Bertz CT molecular complexity index is 961. The third-order valence-electron chi connectivity index (χ3n) is 5.85. The van der Waals surface area contributed by atoms with Gasteiger partial charge >= 0.3 is 12.1 Å². The highest BCUT2D eigenvalue weighted by atomic mass is 19.4. The Balaban J connectivity index is 2.04. The molecule has 2 rings (SSSR count). The first-order valence-electron chi connectivity index (χ1n) is 12.1. The number of carbonyl (C=O) groups is 2. The van der Waals surface area contributed by atoms with E-state index in [0.29, 0.717) is 24.3 Å². The zero-order valence-electron chi connectivity index (χ0n) is 20.9. The van der Waals surface area contributed by atoms with Crippen LogP contribution in [-0.2, 0) is 27.0 Å². The Hall–Kier alpha value is -3.07. The lowest BCUT2D eigenvalue weighted by Gasteiger charge is -2.24. The lowest BCUT2D eigenvalue weighted by molar-refractivity contribution is -0.151. The molecule has 0 radical (unpaired) electrons. The number of halogens is 3. The van der Waals surface area contributed by atoms with Crippen molar-refractivity contribution in [2.24, 2.45) is 0 Å². The van der Waals surface area contributed by atoms with Crippen molar-refractivity contribution in [1.82, 2.24) is 4.90 Å². The summed E-state index contributed by atoms with van der Waals surface area (Å²) >= 11 is 0. The van der Waals surface area contributed by atoms with E-state index in [1.54, 1.807) is 36.1 Å². The van der Waals surface area contributed by atoms with Crippen molar-refractivity contribution in [1.29, 1.82) is 0 Å². The van der Waals surface area contributed by atoms with Gasteiger partial charge in [-0.3, -0.25) is 4.79 Å². The largest absolute Gasteiger partial charge is 0.484 e. The molecule has 198 valence electrons. The molecule has 1 amide bonds. The maximum absolute atomic E-state index is 12.8. The predicted molar refractivity (Wildman–Crippen MR) is 130 cm³/mol. The predicted octanol–water partition coefficient (Wildman–Crippen LogP) is 5.90. The van der Waals surface area contributed by atoms with E-state index in [2.05, 4.69) is 0 Å². The van der Waals surface area contributed by atoms with Gasteiger partial charge in [0.25, 0.3) is 5.91 Å². The van der Waals surface area contributed by atoms with Gasteiger partial charge in [0.2, 0.25) is 0 Å². The smallest absolute Gasteiger partial charge is 0.416 e. The number of carbonyl (C=O) groups excluding carboxylic acids is 1. The third kappa shape index (κ3) is 8.55. The summed E-state index contributed by atoms with van der Waals surface area (Å²) in [5.74, 6) is -1.17. The molecule has 2 aromatic carbocycles. The summed E-state index contributed by atoms with van der Waals surface area (Å²) in [6, 6.07) is 11.7. The van der Waals surface area contributed by atoms with Crippen LogP contribution in [0.4, 0.5) is 13.2 Å². The standard InChI is InChI=1S/C27H34F3NO5/c1-4-7-16-31(17-19-8-12-21(13-9-19)27(28,29)30)24(32)18-36-22-14-10-20(11-15-22)23(5-2)25(26(33)34)35-6-3/h8-15,23,25H,4-7,16-18H2,1-3H3,(H,33,34)/t23?,25-/m0/s1. The quantitative estimate of drug-likeness (QED) is 0.343. The third-order valence-corrected chi connectivity index (χ3v) is 5.85. The van der Waals surface area contributed by atoms with Crippen LogP contribution in [0.3, 0.4) is 0 Å². The summed E-state index contributed by atoms with van der Waals surface area (Å²) in [5, 5.41) is 9.49. The molecular weight excluding hydrogens is 475 g/mol. The van der Waals surface area contributed by atoms with Gasteiger partial charge < -0.3 is 19.5 Å². The van der Waals surface area contributed by atoms with Crippen LogP contribution in [0.15, 0.2) is 48.5 Å². The minimum Gasteiger partial charge on any atom is -0.484 e. The van der Waals surface area contributed by atoms with Crippen LogP contribution < -0.4 is 4.74 Å². The maximum Gasteiger partial charge on any atom is 0.416 e. The minimum absolute atomic E-state index is 0.186. The second-order valence-corrected chi connectivity index (χ2v) is 8.45. The molecule has 1 N–H and O–H groups in total. The number of carboxylic acids is 1. The van der Waals surface area contributed by atoms with Gasteiger partial charge in [-0.25, -0.2) is 4.79 Å². The van der Waals surface area contributed by atoms with Gasteiger partial charge in [0, 0.05) is 25.6 Å². The topological polar surface area (TPSA) is 76.1 Å². The molecular formula is C27H34F3NO5. The zero-order valence-corrected chi connectivity index (χ0v) is 20.9. The summed E-state index contributed by atoms with van der Waals surface area (Å²) in [6.45, 7) is 6.34. The number of unbranched alkanes of at least 4 members (excludes halogenated alkanes) is 1. The average molecular weight is 510 g/mol. The SMILES string of the molecule is CCCCN(Cc1ccc(C(F)(F)F)cc1)C(=O)COc1ccc(C(CC)[C@H](OCC)C(=O)O)cc1. The van der Waals surface area contributed by atoms with Crippen molar-refractivity contribution in [3.05, 3.63) is 65.2 Å². The Morgan fingerprint density at radius 1 is 1.00 bits per heavy atom. The molecule has 0 saturated heterocycles. The second kappa shape index (κ2) is 13.9. The first-order chi connectivity index (χ1) is 17.1. The summed E-state index contributed by atoms with van der Waals surface area (Å²) < 4.78 is 49.6. The first-order valence-corrected chi connectivity index (χ1v) is 12.1. The van der Waals surface area contributed by atoms with Crippen molar-refractivity contribution >= 4 is 11.9 Å². The van der Waals surface area contributed by atoms with Crippen LogP contribution >= 0.6 is 0 Å². The normalized spacial score (nSPS) is 13.2. The molecule has 0 saturated carbocycles. The number of amides is 1. The summed E-state index contributed by atoms with van der Waals surface area (Å²) in [4.78, 5) is 26.0. The van der Waals surface area contributed by atoms with E-state index in [9.17, 15) is 27.9 Å². The number of ether oxygens (including phenoxy) is 2. The Labute approximate surface area is 210 Å². The Kier molecular flexibility index (Phi) is 11.2. The van der Waals surface area contributed by atoms with Gasteiger partial charge in [-0.15, -0.1) is 0 Å². The van der Waals surface area contributed by atoms with E-state index in [0.717, 1.165) is 30.5 Å². The van der Waals surface area contributed by atoms with Crippen LogP contribution in [0.5, 0.6) is 5.75 Å². The highest BCUT2D eigenvalue weighted by molar-refractivity contribution is 5.77. The molecule has 36 heavy (non-hydrogen) atoms. The van der Waals surface area contributed by atoms with Gasteiger partial charge in [0.05, 0.1) is 5.56 Å². The van der Waals surface area contributed by atoms with Crippen molar-refractivity contribution in [2.45, 2.75) is 64.8 Å². The molecule has 0 fully saturated rings. The van der Waals surface area contributed by atoms with E-state index in [1.807, 2.05) is 13.8 Å². The number of alkyl halides is 3. The molecule has 0 aliphatic carbocycles. The molecule has 0 bridgehead atoms. The monoisotopic (exact) mass is 509 g/mol. The Morgan fingerprint density at radius 2 is 1.64 bits per heavy atom. The highest BCUT2D eigenvalue weighted by Gasteiger charge is 2.30. The number of nitrogens with zero attached hydrogens (tertiary/aromatic N) is 1. The maximum atomic E-state index is 12.8. The number of rotatable bonds is 14. The molecule has 0 aliphatic rings. The summed E-state index contributed by atoms with van der Waals surface area (Å²) in [6.07, 6.45) is -3.17. The molecule has 6 nitrogen and oxygen atoms in total. The molecule has 0 aromatic heterocycles. The van der Waals surface area contributed by atoms with Crippen molar-refractivity contribution in [3.63, 3.8) is 0 Å². The van der Waals surface area contributed by atoms with E-state index in [-0.39, 0.29) is 31.6 Å². The van der Waals surface area contributed by atoms with Gasteiger partial charge in [0.1, 0.15) is 5.75 Å². The molecule has 0 aliphatic heterocycles. The van der Waals surface area contributed by atoms with Crippen molar-refractivity contribution in [2.75, 3.05) is 19.8 Å². The van der Waals surface area contributed by atoms with E-state index in [4.69, 9.17) is 9.47 Å². The minimum atomic E-state index is -4.41. The van der Waals surface area contributed by atoms with Crippen LogP contribution in [0, 0.1) is 0 Å². The first kappa shape index (κ1) is 29.2. The lowest BCUT2D eigenvalue weighted by Crippen LogP contribution is -2.35. The number of aliphatic carboxylic acids is 1. The fraction of sp³-hybridized carbons (Fsp3) is 0.481. The highest BCUT2D eigenvalue weighted by Crippen LogP contribution is 2.30. The van der Waals surface area contributed by atoms with Gasteiger partial charge in [0.15, 0.2) is 12.7 Å². The zero-order chi connectivity index (χ0) is 26.7. The van der Waals surface area contributed by atoms with Crippen LogP contribution in [0.25, 0.3) is 0 Å². The van der Waals surface area contributed by atoms with E-state index < -0.39 is 23.8 Å². The molecule has 2 atom stereocenters. The number of hydrogen-bond acceptors (Lipinski definition) is 4. The summed E-state index contributed by atoms with van der Waals surface area (Å²) in [7, 11) is 0. The van der Waals surface area contributed by atoms with Crippen LogP contribution in [-0.4, -0.2) is 47.7 Å². The van der Waals surface area contributed by atoms with Gasteiger partial charge in [-0.05, 0) is 55.2 Å². The molecule has 0 spiro atoms. The number of hydrogen-bond donors (Lipinski definition) is 1. The fourth-order valence-corrected chi connectivity index (χ4v) is 3.87. The van der Waals surface area contributed by atoms with E-state index in [1.165, 1.54) is 12.1 Å². The van der Waals surface area contributed by atoms with Gasteiger partial charge in [-0.1, -0.05) is 44.5 Å². The number of benzene rings is 2. The van der Waals surface area contributed by atoms with Crippen molar-refractivity contribution in [3.8, 4) is 5.75 Å². The second-order valence-electron chi connectivity index (χ2n) is 8.45. The molecule has 1 unspecified atom stereocenters. The fourth-order valence-electron chi connectivity index (χ4n) is 3.87. The van der Waals surface area contributed by atoms with Crippen molar-refractivity contribution < 1.29 is 37.3 Å². The lowest BCUT2D eigenvalue weighted by atomic mass is 9.91. The van der Waals surface area contributed by atoms with Crippen LogP contribution in [0.2, 0.25) is 0 Å². The average Bonchev–Trinajstić information content (AvgIpc) is 2.85.